The van der Waals surface area contributed by atoms with E-state index in [1.807, 2.05) is 37.3 Å². The zero-order valence-electron chi connectivity index (χ0n) is 30.9. The van der Waals surface area contributed by atoms with Crippen molar-refractivity contribution in [2.75, 3.05) is 13.2 Å². The van der Waals surface area contributed by atoms with Crippen LogP contribution in [0.2, 0.25) is 0 Å². The SMILES string of the molecule is CCCCOc1ccc2c(oc3c(F)c(CCC4CCCO4)ccc32)c1F.CCCCc1ccc2c(oc3c(F)c(CCC4CCCC4)ccc32)c1F. The molecule has 0 bridgehead atoms. The van der Waals surface area contributed by atoms with Crippen LogP contribution >= 0.6 is 0 Å². The number of aryl methyl sites for hydroxylation is 3. The van der Waals surface area contributed by atoms with Gasteiger partial charge in [0.05, 0.1) is 12.7 Å². The summed E-state index contributed by atoms with van der Waals surface area (Å²) in [6.07, 6.45) is 15.0. The summed E-state index contributed by atoms with van der Waals surface area (Å²) in [7, 11) is 0. The molecule has 282 valence electrons. The Bertz CT molecular complexity index is 2170. The highest BCUT2D eigenvalue weighted by molar-refractivity contribution is 6.06. The van der Waals surface area contributed by atoms with Gasteiger partial charge >= 0.3 is 0 Å². The number of unbranched alkanes of at least 4 members (excludes halogenated alkanes) is 2. The van der Waals surface area contributed by atoms with Crippen molar-refractivity contribution in [3.05, 3.63) is 88.5 Å². The second-order valence-corrected chi connectivity index (χ2v) is 14.9. The van der Waals surface area contributed by atoms with Crippen LogP contribution in [0.1, 0.15) is 108 Å². The van der Waals surface area contributed by atoms with Crippen LogP contribution < -0.4 is 4.74 Å². The molecular weight excluding hydrogens is 680 g/mol. The summed E-state index contributed by atoms with van der Waals surface area (Å²) >= 11 is 0. The third kappa shape index (κ3) is 7.94. The van der Waals surface area contributed by atoms with Gasteiger partial charge in [-0.05, 0) is 111 Å². The molecule has 4 nitrogen and oxygen atoms in total. The van der Waals surface area contributed by atoms with E-state index in [9.17, 15) is 13.2 Å². The minimum absolute atomic E-state index is 0.0502. The Balaban J connectivity index is 0.000000164. The van der Waals surface area contributed by atoms with Crippen molar-refractivity contribution in [1.29, 1.82) is 0 Å². The molecule has 0 amide bonds. The summed E-state index contributed by atoms with van der Waals surface area (Å²) in [4.78, 5) is 0. The molecule has 0 radical (unpaired) electrons. The van der Waals surface area contributed by atoms with Crippen LogP contribution in [0.3, 0.4) is 0 Å². The predicted molar refractivity (Wildman–Crippen MR) is 204 cm³/mol. The Hall–Kier alpha value is -4.04. The lowest BCUT2D eigenvalue weighted by Gasteiger charge is -2.09. The number of furan rings is 2. The topological polar surface area (TPSA) is 44.7 Å². The Labute approximate surface area is 308 Å². The molecule has 4 aromatic carbocycles. The van der Waals surface area contributed by atoms with Crippen LogP contribution in [0, 0.1) is 29.2 Å². The average molecular weight is 731 g/mol. The van der Waals surface area contributed by atoms with E-state index >= 15 is 4.39 Å². The molecule has 3 heterocycles. The van der Waals surface area contributed by atoms with Crippen molar-refractivity contribution in [2.24, 2.45) is 5.92 Å². The number of hydrogen-bond donors (Lipinski definition) is 0. The van der Waals surface area contributed by atoms with E-state index in [0.717, 1.165) is 70.3 Å². The van der Waals surface area contributed by atoms with Crippen LogP contribution in [-0.2, 0) is 24.0 Å². The van der Waals surface area contributed by atoms with Crippen molar-refractivity contribution in [3.63, 3.8) is 0 Å². The molecule has 2 aliphatic rings. The first-order valence-corrected chi connectivity index (χ1v) is 19.7. The normalized spacial score (nSPS) is 16.4. The number of ether oxygens (including phenoxy) is 2. The van der Waals surface area contributed by atoms with Gasteiger partial charge in [0, 0.05) is 28.2 Å². The van der Waals surface area contributed by atoms with E-state index in [2.05, 4.69) is 6.92 Å². The van der Waals surface area contributed by atoms with Gasteiger partial charge in [-0.3, -0.25) is 0 Å². The molecule has 8 heteroatoms. The smallest absolute Gasteiger partial charge is 0.208 e. The zero-order valence-corrected chi connectivity index (χ0v) is 30.9. The van der Waals surface area contributed by atoms with Crippen LogP contribution in [0.25, 0.3) is 43.9 Å². The monoisotopic (exact) mass is 730 g/mol. The molecule has 0 spiro atoms. The molecule has 1 atom stereocenters. The van der Waals surface area contributed by atoms with Crippen LogP contribution in [-0.4, -0.2) is 19.3 Å². The van der Waals surface area contributed by atoms with E-state index < -0.39 is 11.6 Å². The minimum atomic E-state index is -0.569. The lowest BCUT2D eigenvalue weighted by atomic mass is 9.97. The van der Waals surface area contributed by atoms with Crippen molar-refractivity contribution >= 4 is 43.9 Å². The first-order chi connectivity index (χ1) is 25.9. The molecule has 8 rings (SSSR count). The van der Waals surface area contributed by atoms with Crippen molar-refractivity contribution in [2.45, 2.75) is 116 Å². The summed E-state index contributed by atoms with van der Waals surface area (Å²) < 4.78 is 81.9. The van der Waals surface area contributed by atoms with E-state index in [-0.39, 0.29) is 45.8 Å². The molecule has 1 aliphatic heterocycles. The Morgan fingerprint density at radius 1 is 0.566 bits per heavy atom. The number of rotatable bonds is 13. The van der Waals surface area contributed by atoms with Gasteiger partial charge in [0.2, 0.25) is 5.82 Å². The molecule has 2 fully saturated rings. The molecule has 1 saturated heterocycles. The standard InChI is InChI=1S/C23H26F2O.C22H24F2O3/c1-2-3-8-16-11-13-18-19-14-12-17(10-9-15-6-4-5-7-15)21(25)23(19)26-22(18)20(16)24;1-2-3-12-26-18-11-10-17-16-9-7-14(6-8-15-5-4-13-25-15)19(23)21(16)27-22(17)20(18)24/h11-15H,2-10H2,1H3;7,9-11,15H,2-6,8,12-13H2,1H3. The van der Waals surface area contributed by atoms with E-state index in [1.54, 1.807) is 18.2 Å². The predicted octanol–water partition coefficient (Wildman–Crippen LogP) is 13.5. The maximum Gasteiger partial charge on any atom is 0.208 e. The largest absolute Gasteiger partial charge is 0.490 e. The highest BCUT2D eigenvalue weighted by Gasteiger charge is 2.23. The molecule has 6 aromatic rings. The van der Waals surface area contributed by atoms with Gasteiger partial charge in [0.15, 0.2) is 45.5 Å². The molecule has 0 N–H and O–H groups in total. The van der Waals surface area contributed by atoms with E-state index in [1.165, 1.54) is 25.7 Å². The summed E-state index contributed by atoms with van der Waals surface area (Å²) in [5.41, 5.74) is 2.48. The van der Waals surface area contributed by atoms with Gasteiger partial charge in [0.25, 0.3) is 0 Å². The maximum atomic E-state index is 15.0. The third-order valence-corrected chi connectivity index (χ3v) is 11.2. The summed E-state index contributed by atoms with van der Waals surface area (Å²) in [6, 6.07) is 14.3. The zero-order chi connectivity index (χ0) is 36.9. The number of fused-ring (bicyclic) bond motifs is 6. The fourth-order valence-electron chi connectivity index (χ4n) is 8.01. The van der Waals surface area contributed by atoms with E-state index in [4.69, 9.17) is 18.3 Å². The summed E-state index contributed by atoms with van der Waals surface area (Å²) in [6.45, 7) is 5.36. The highest BCUT2D eigenvalue weighted by atomic mass is 19.1. The maximum absolute atomic E-state index is 15.0. The number of benzene rings is 4. The highest BCUT2D eigenvalue weighted by Crippen LogP contribution is 2.38. The first kappa shape index (κ1) is 37.3. The minimum Gasteiger partial charge on any atom is -0.490 e. The fraction of sp³-hybridized carbons (Fsp3) is 0.467. The van der Waals surface area contributed by atoms with E-state index in [0.29, 0.717) is 57.7 Å². The second-order valence-electron chi connectivity index (χ2n) is 14.9. The van der Waals surface area contributed by atoms with Crippen LogP contribution in [0.4, 0.5) is 17.6 Å². The third-order valence-electron chi connectivity index (χ3n) is 11.2. The summed E-state index contributed by atoms with van der Waals surface area (Å²) in [5, 5.41) is 2.49. The molecular formula is C45H50F4O4. The molecule has 1 aliphatic carbocycles. The van der Waals surface area contributed by atoms with Crippen molar-refractivity contribution in [3.8, 4) is 5.75 Å². The molecule has 2 aromatic heterocycles. The van der Waals surface area contributed by atoms with Crippen LogP contribution in [0.15, 0.2) is 57.4 Å². The average Bonchev–Trinajstić information content (AvgIpc) is 4.00. The molecule has 1 saturated carbocycles. The fourth-order valence-corrected chi connectivity index (χ4v) is 8.01. The van der Waals surface area contributed by atoms with Crippen molar-refractivity contribution in [1.82, 2.24) is 0 Å². The number of halogens is 4. The van der Waals surface area contributed by atoms with Gasteiger partial charge in [-0.1, -0.05) is 70.6 Å². The summed E-state index contributed by atoms with van der Waals surface area (Å²) in [5.74, 6) is -0.756. The lowest BCUT2D eigenvalue weighted by molar-refractivity contribution is 0.104. The Kier molecular flexibility index (Phi) is 11.9. The lowest BCUT2D eigenvalue weighted by Crippen LogP contribution is -2.06. The van der Waals surface area contributed by atoms with Crippen molar-refractivity contribution < 1.29 is 35.9 Å². The first-order valence-electron chi connectivity index (χ1n) is 19.7. The number of hydrogen-bond acceptors (Lipinski definition) is 4. The van der Waals surface area contributed by atoms with Gasteiger partial charge in [-0.25, -0.2) is 13.2 Å². The quantitative estimate of drug-likeness (QED) is 0.0877. The van der Waals surface area contributed by atoms with Gasteiger partial charge < -0.3 is 18.3 Å². The van der Waals surface area contributed by atoms with Gasteiger partial charge in [-0.2, -0.15) is 4.39 Å². The van der Waals surface area contributed by atoms with Gasteiger partial charge in [0.1, 0.15) is 0 Å². The Morgan fingerprint density at radius 2 is 1.08 bits per heavy atom. The van der Waals surface area contributed by atoms with Crippen LogP contribution in [0.5, 0.6) is 5.75 Å². The van der Waals surface area contributed by atoms with Gasteiger partial charge in [-0.15, -0.1) is 0 Å². The Morgan fingerprint density at radius 3 is 1.60 bits per heavy atom. The molecule has 1 unspecified atom stereocenters. The molecule has 53 heavy (non-hydrogen) atoms. The second kappa shape index (κ2) is 17.0.